The number of hydrogen-bond acceptors (Lipinski definition) is 8. The predicted molar refractivity (Wildman–Crippen MR) is 150 cm³/mol. The number of hydrogen-bond donors (Lipinski definition) is 2. The molecule has 1 saturated heterocycles. The number of aromatic amines is 1. The van der Waals surface area contributed by atoms with Crippen molar-refractivity contribution in [1.29, 1.82) is 0 Å². The van der Waals surface area contributed by atoms with Gasteiger partial charge in [-0.3, -0.25) is 0 Å². The number of rotatable bonds is 10. The first kappa shape index (κ1) is 27.9. The second kappa shape index (κ2) is 11.8. The van der Waals surface area contributed by atoms with E-state index in [0.29, 0.717) is 33.9 Å². The zero-order valence-corrected chi connectivity index (χ0v) is 23.9. The number of likely N-dealkylation sites (tertiary alicyclic amines) is 1. The quantitative estimate of drug-likeness (QED) is 0.353. The fourth-order valence-electron chi connectivity index (χ4n) is 4.09. The predicted octanol–water partition coefficient (Wildman–Crippen LogP) is 5.09. The van der Waals surface area contributed by atoms with E-state index < -0.39 is 15.1 Å². The molecule has 0 saturated carbocycles. The molecule has 0 aliphatic carbocycles. The Kier molecular flexibility index (Phi) is 8.64. The van der Waals surface area contributed by atoms with E-state index in [-0.39, 0.29) is 17.1 Å². The molecule has 3 N–H and O–H groups in total. The van der Waals surface area contributed by atoms with Crippen molar-refractivity contribution in [1.82, 2.24) is 9.88 Å². The lowest BCUT2D eigenvalue weighted by atomic mass is 10.2. The van der Waals surface area contributed by atoms with Gasteiger partial charge in [0.05, 0.1) is 28.1 Å². The summed E-state index contributed by atoms with van der Waals surface area (Å²) in [7, 11) is -1.43. The number of nitrogens with one attached hydrogen (secondary N) is 3. The van der Waals surface area contributed by atoms with Crippen molar-refractivity contribution < 1.29 is 22.9 Å². The number of para-hydroxylation sites is 1. The monoisotopic (exact) mass is 560 g/mol. The van der Waals surface area contributed by atoms with E-state index in [2.05, 4.69) is 32.5 Å². The highest BCUT2D eigenvalue weighted by molar-refractivity contribution is 7.92. The third-order valence-corrected chi connectivity index (χ3v) is 8.57. The molecule has 1 aliphatic heterocycles. The van der Waals surface area contributed by atoms with E-state index in [1.165, 1.54) is 0 Å². The first-order chi connectivity index (χ1) is 18.0. The summed E-state index contributed by atoms with van der Waals surface area (Å²) < 4.78 is 38.0. The van der Waals surface area contributed by atoms with Crippen LogP contribution in [0.5, 0.6) is 11.5 Å². The summed E-state index contributed by atoms with van der Waals surface area (Å²) in [4.78, 5) is 10.0. The topological polar surface area (TPSA) is 107 Å². The summed E-state index contributed by atoms with van der Waals surface area (Å²) >= 11 is 6.41. The molecule has 2 heterocycles. The molecular weight excluding hydrogens is 526 g/mol. The molecule has 38 heavy (non-hydrogen) atoms. The minimum atomic E-state index is -3.52. The molecule has 9 nitrogen and oxygen atoms in total. The normalized spacial score (nSPS) is 16.2. The van der Waals surface area contributed by atoms with Gasteiger partial charge in [-0.15, -0.1) is 0 Å². The van der Waals surface area contributed by atoms with Gasteiger partial charge in [-0.05, 0) is 65.4 Å². The number of likely N-dealkylation sites (N-methyl/N-ethyl adjacent to an activating group) is 1. The lowest BCUT2D eigenvalue weighted by Crippen LogP contribution is -2.21. The highest BCUT2D eigenvalue weighted by atomic mass is 35.5. The van der Waals surface area contributed by atoms with Crippen molar-refractivity contribution in [3.63, 3.8) is 0 Å². The van der Waals surface area contributed by atoms with Crippen LogP contribution in [0.1, 0.15) is 34.1 Å². The van der Waals surface area contributed by atoms with Gasteiger partial charge in [0, 0.05) is 19.2 Å². The molecule has 11 heteroatoms. The number of nitrogens with zero attached hydrogens (tertiary/aromatic N) is 2. The van der Waals surface area contributed by atoms with Crippen molar-refractivity contribution in [2.24, 2.45) is 0 Å². The van der Waals surface area contributed by atoms with Crippen molar-refractivity contribution in [3.8, 4) is 11.5 Å². The standard InChI is InChI=1S/C27H34ClN5O4S/c1-17(2)36-24-14-19(37-20-12-13-33(5)16-20)10-11-22(24)31-27-29-15-21(28)26(32-27)30-23-8-6-7-9-25(23)38(34,35)18(3)4/h6-11,14-15,17-18,20H,12-13,16H2,1-5H3,(H2,29,30,31,32)/p+1. The van der Waals surface area contributed by atoms with E-state index >= 15 is 0 Å². The minimum Gasteiger partial charge on any atom is -0.489 e. The largest absolute Gasteiger partial charge is 0.489 e. The molecule has 1 aromatic heterocycles. The van der Waals surface area contributed by atoms with Gasteiger partial charge in [-0.25, -0.2) is 18.7 Å². The molecule has 0 radical (unpaired) electrons. The second-order valence-electron chi connectivity index (χ2n) is 9.90. The van der Waals surface area contributed by atoms with E-state index in [9.17, 15) is 8.42 Å². The number of halogens is 1. The number of aromatic nitrogens is 2. The van der Waals surface area contributed by atoms with Gasteiger partial charge in [0.15, 0.2) is 15.6 Å². The van der Waals surface area contributed by atoms with Gasteiger partial charge in [0.2, 0.25) is 5.82 Å². The number of H-pyrrole nitrogens is 1. The smallest absolute Gasteiger partial charge is 0.396 e. The van der Waals surface area contributed by atoms with Crippen molar-refractivity contribution >= 4 is 44.6 Å². The minimum absolute atomic E-state index is 0.0535. The van der Waals surface area contributed by atoms with Crippen LogP contribution in [0.2, 0.25) is 5.02 Å². The number of sulfone groups is 1. The average molecular weight is 561 g/mol. The van der Waals surface area contributed by atoms with Crippen LogP contribution in [0.3, 0.4) is 0 Å². The highest BCUT2D eigenvalue weighted by Crippen LogP contribution is 2.34. The number of benzene rings is 2. The third-order valence-electron chi connectivity index (χ3n) is 6.07. The van der Waals surface area contributed by atoms with E-state index in [4.69, 9.17) is 21.1 Å². The summed E-state index contributed by atoms with van der Waals surface area (Å²) in [6.07, 6.45) is 2.66. The Labute approximate surface area is 229 Å². The maximum atomic E-state index is 12.9. The molecule has 1 aliphatic rings. The second-order valence-corrected chi connectivity index (χ2v) is 12.8. The molecular formula is C27H35ClN5O4S+. The van der Waals surface area contributed by atoms with E-state index in [0.717, 1.165) is 25.3 Å². The Bertz CT molecular complexity index is 1380. The molecule has 1 atom stereocenters. The molecule has 1 fully saturated rings. The summed E-state index contributed by atoms with van der Waals surface area (Å²) in [5, 5.41) is 6.07. The van der Waals surface area contributed by atoms with Crippen LogP contribution in [-0.2, 0) is 9.84 Å². The van der Waals surface area contributed by atoms with Crippen LogP contribution in [0.15, 0.2) is 53.6 Å². The lowest BCUT2D eigenvalue weighted by Gasteiger charge is -2.17. The Morgan fingerprint density at radius 3 is 2.55 bits per heavy atom. The first-order valence-corrected chi connectivity index (χ1v) is 14.6. The summed E-state index contributed by atoms with van der Waals surface area (Å²) in [6, 6.07) is 12.4. The van der Waals surface area contributed by atoms with Crippen LogP contribution < -0.4 is 25.1 Å². The van der Waals surface area contributed by atoms with Gasteiger partial charge in [0.25, 0.3) is 0 Å². The van der Waals surface area contributed by atoms with Crippen LogP contribution in [-0.4, -0.2) is 55.9 Å². The van der Waals surface area contributed by atoms with Crippen molar-refractivity contribution in [2.45, 2.75) is 56.5 Å². The van der Waals surface area contributed by atoms with Gasteiger partial charge in [-0.2, -0.15) is 0 Å². The van der Waals surface area contributed by atoms with Gasteiger partial charge < -0.3 is 19.7 Å². The lowest BCUT2D eigenvalue weighted by molar-refractivity contribution is -0.364. The van der Waals surface area contributed by atoms with Gasteiger partial charge >= 0.3 is 5.95 Å². The van der Waals surface area contributed by atoms with Crippen LogP contribution in [0.4, 0.5) is 23.1 Å². The average Bonchev–Trinajstić information content (AvgIpc) is 3.27. The Morgan fingerprint density at radius 2 is 1.87 bits per heavy atom. The highest BCUT2D eigenvalue weighted by Gasteiger charge is 2.25. The first-order valence-electron chi connectivity index (χ1n) is 12.6. The van der Waals surface area contributed by atoms with Crippen LogP contribution >= 0.6 is 11.6 Å². The maximum Gasteiger partial charge on any atom is 0.396 e. The molecule has 1 unspecified atom stereocenters. The fourth-order valence-corrected chi connectivity index (χ4v) is 5.44. The number of anilines is 4. The van der Waals surface area contributed by atoms with Crippen molar-refractivity contribution in [3.05, 3.63) is 53.7 Å². The van der Waals surface area contributed by atoms with Crippen molar-refractivity contribution in [2.75, 3.05) is 30.8 Å². The van der Waals surface area contributed by atoms with Gasteiger partial charge in [0.1, 0.15) is 22.6 Å². The zero-order chi connectivity index (χ0) is 27.4. The summed E-state index contributed by atoms with van der Waals surface area (Å²) in [5.41, 5.74) is 1.09. The summed E-state index contributed by atoms with van der Waals surface area (Å²) in [6.45, 7) is 9.12. The Balaban J connectivity index is 1.59. The molecule has 0 amide bonds. The van der Waals surface area contributed by atoms with Crippen LogP contribution in [0, 0.1) is 0 Å². The SMILES string of the molecule is CC(C)Oc1cc(OC2CCN(C)C2)ccc1Nc1nc(Nc2ccccc2S(=O)(=O)C(C)C)c(Cl)c[nH+]1. The molecule has 3 aromatic rings. The van der Waals surface area contributed by atoms with Gasteiger partial charge in [-0.1, -0.05) is 28.7 Å². The number of ether oxygens (including phenoxy) is 2. The Hall–Kier alpha value is -3.08. The molecule has 2 aromatic carbocycles. The Morgan fingerprint density at radius 1 is 1.11 bits per heavy atom. The zero-order valence-electron chi connectivity index (χ0n) is 22.3. The van der Waals surface area contributed by atoms with E-state index in [1.54, 1.807) is 44.3 Å². The third kappa shape index (κ3) is 6.67. The van der Waals surface area contributed by atoms with E-state index in [1.807, 2.05) is 32.0 Å². The molecule has 0 spiro atoms. The molecule has 204 valence electrons. The maximum absolute atomic E-state index is 12.9. The molecule has 4 rings (SSSR count). The summed E-state index contributed by atoms with van der Waals surface area (Å²) in [5.74, 6) is 2.05. The fraction of sp³-hybridized carbons (Fsp3) is 0.407. The van der Waals surface area contributed by atoms with Crippen LogP contribution in [0.25, 0.3) is 0 Å². The molecule has 0 bridgehead atoms.